The van der Waals surface area contributed by atoms with E-state index in [0.717, 1.165) is 19.1 Å². The van der Waals surface area contributed by atoms with Crippen LogP contribution in [-0.2, 0) is 29.4 Å². The van der Waals surface area contributed by atoms with E-state index in [-0.39, 0.29) is 11.2 Å². The molecule has 1 aliphatic rings. The molecule has 1 atom stereocenters. The van der Waals surface area contributed by atoms with Crippen LogP contribution in [-0.4, -0.2) is 36.0 Å². The van der Waals surface area contributed by atoms with Gasteiger partial charge in [-0.2, -0.15) is 0 Å². The molecule has 1 unspecified atom stereocenters. The van der Waals surface area contributed by atoms with Crippen molar-refractivity contribution in [3.05, 3.63) is 24.3 Å². The normalized spacial score (nSPS) is 20.3. The first-order valence-corrected chi connectivity index (χ1v) is 9.76. The molecule has 0 aromatic heterocycles. The third-order valence-corrected chi connectivity index (χ3v) is 5.50. The fraction of sp³-hybridized carbons (Fsp3) is 0.500. The summed E-state index contributed by atoms with van der Waals surface area (Å²) in [6, 6.07) is 5.35. The number of sulfone groups is 1. The zero-order chi connectivity index (χ0) is 15.5. The van der Waals surface area contributed by atoms with Crippen LogP contribution in [0.1, 0.15) is 20.7 Å². The minimum Gasteiger partial charge on any atom is -0.351 e. The Bertz CT molecular complexity index is 698. The van der Waals surface area contributed by atoms with E-state index in [2.05, 4.69) is 0 Å². The molecule has 9 heteroatoms. The largest absolute Gasteiger partial charge is 0.351 e. The Morgan fingerprint density at radius 2 is 1.86 bits per heavy atom. The van der Waals surface area contributed by atoms with Gasteiger partial charge in [0.15, 0.2) is 16.1 Å². The van der Waals surface area contributed by atoms with Crippen LogP contribution in [0.25, 0.3) is 0 Å². The molecule has 0 spiro atoms. The van der Waals surface area contributed by atoms with E-state index in [1.165, 1.54) is 24.3 Å². The summed E-state index contributed by atoms with van der Waals surface area (Å²) in [5.41, 5.74) is 0. The Morgan fingerprint density at radius 1 is 1.19 bits per heavy atom. The van der Waals surface area contributed by atoms with E-state index >= 15 is 0 Å². The number of nitrogens with one attached hydrogen (secondary N) is 1. The smallest absolute Gasteiger partial charge is 0.263 e. The molecule has 1 aromatic rings. The molecule has 2 rings (SSSR count). The van der Waals surface area contributed by atoms with Gasteiger partial charge >= 0.3 is 0 Å². The molecule has 0 saturated carbocycles. The van der Waals surface area contributed by atoms with Crippen LogP contribution in [0.15, 0.2) is 34.1 Å². The predicted octanol–water partition coefficient (Wildman–Crippen LogP) is 1.07. The Morgan fingerprint density at radius 3 is 2.43 bits per heavy atom. The van der Waals surface area contributed by atoms with Crippen molar-refractivity contribution in [3.63, 3.8) is 0 Å². The van der Waals surface area contributed by atoms with E-state index in [0.29, 0.717) is 13.0 Å². The van der Waals surface area contributed by atoms with Gasteiger partial charge in [0.1, 0.15) is 4.90 Å². The van der Waals surface area contributed by atoms with Crippen LogP contribution in [0.5, 0.6) is 0 Å². The Balaban J connectivity index is 0.00000242. The summed E-state index contributed by atoms with van der Waals surface area (Å²) in [6.45, 7) is 0.506. The Hall–Kier alpha value is -1.00. The molecule has 0 radical (unpaired) electrons. The van der Waals surface area contributed by atoms with Gasteiger partial charge < -0.3 is 4.74 Å². The molecule has 120 valence electrons. The van der Waals surface area contributed by atoms with Gasteiger partial charge in [-0.25, -0.2) is 16.8 Å². The predicted molar refractivity (Wildman–Crippen MR) is 76.7 cm³/mol. The third-order valence-electron chi connectivity index (χ3n) is 2.97. The molecule has 1 fully saturated rings. The first-order valence-electron chi connectivity index (χ1n) is 6.39. The second kappa shape index (κ2) is 6.41. The van der Waals surface area contributed by atoms with Crippen molar-refractivity contribution in [2.75, 3.05) is 12.9 Å². The SMILES string of the molecule is CS(=O)(=O)c1ccccc1S(=O)(=O)NOC1CCCCO1.[HH]. The lowest BCUT2D eigenvalue weighted by Crippen LogP contribution is -2.33. The molecule has 1 aliphatic heterocycles. The molecule has 1 saturated heterocycles. The van der Waals surface area contributed by atoms with Crippen molar-refractivity contribution in [2.45, 2.75) is 35.3 Å². The van der Waals surface area contributed by atoms with Gasteiger partial charge in [-0.3, -0.25) is 4.84 Å². The lowest BCUT2D eigenvalue weighted by Gasteiger charge is -2.22. The van der Waals surface area contributed by atoms with Gasteiger partial charge in [-0.05, 0) is 25.0 Å². The molecule has 0 amide bonds. The highest BCUT2D eigenvalue weighted by Crippen LogP contribution is 2.21. The van der Waals surface area contributed by atoms with Crippen molar-refractivity contribution < 1.29 is 27.8 Å². The number of hydrogen-bond donors (Lipinski definition) is 1. The van der Waals surface area contributed by atoms with Crippen LogP contribution in [0.3, 0.4) is 0 Å². The minimum absolute atomic E-state index is 0. The summed E-state index contributed by atoms with van der Waals surface area (Å²) < 4.78 is 52.9. The summed E-state index contributed by atoms with van der Waals surface area (Å²) >= 11 is 0. The van der Waals surface area contributed by atoms with Crippen LogP contribution < -0.4 is 4.89 Å². The third kappa shape index (κ3) is 4.24. The first-order chi connectivity index (χ1) is 9.81. The van der Waals surface area contributed by atoms with E-state index < -0.39 is 26.2 Å². The molecular formula is C12H19NO6S2. The van der Waals surface area contributed by atoms with Crippen LogP contribution in [0.2, 0.25) is 0 Å². The van der Waals surface area contributed by atoms with Crippen molar-refractivity contribution in [2.24, 2.45) is 0 Å². The minimum atomic E-state index is -4.10. The van der Waals surface area contributed by atoms with Gasteiger partial charge in [0.05, 0.1) is 4.90 Å². The van der Waals surface area contributed by atoms with Crippen molar-refractivity contribution in [1.29, 1.82) is 0 Å². The van der Waals surface area contributed by atoms with Gasteiger partial charge in [-0.15, -0.1) is 0 Å². The van der Waals surface area contributed by atoms with Gasteiger partial charge in [0.25, 0.3) is 10.0 Å². The average molecular weight is 337 g/mol. The second-order valence-corrected chi connectivity index (χ2v) is 8.32. The Labute approximate surface area is 125 Å². The van der Waals surface area contributed by atoms with Gasteiger partial charge in [0, 0.05) is 20.7 Å². The average Bonchev–Trinajstić information content (AvgIpc) is 2.45. The number of sulfonamides is 1. The molecular weight excluding hydrogens is 318 g/mol. The van der Waals surface area contributed by atoms with E-state index in [1.807, 2.05) is 4.89 Å². The zero-order valence-corrected chi connectivity index (χ0v) is 13.1. The second-order valence-electron chi connectivity index (χ2n) is 4.72. The zero-order valence-electron chi connectivity index (χ0n) is 11.5. The number of benzene rings is 1. The maximum absolute atomic E-state index is 12.2. The summed E-state index contributed by atoms with van der Waals surface area (Å²) in [5, 5.41) is 0. The lowest BCUT2D eigenvalue weighted by molar-refractivity contribution is -0.179. The molecule has 0 bridgehead atoms. The monoisotopic (exact) mass is 337 g/mol. The summed E-state index contributed by atoms with van der Waals surface area (Å²) in [6.07, 6.45) is 2.66. The van der Waals surface area contributed by atoms with E-state index in [9.17, 15) is 16.8 Å². The van der Waals surface area contributed by atoms with Crippen LogP contribution >= 0.6 is 0 Å². The summed E-state index contributed by atoms with van der Waals surface area (Å²) in [5.74, 6) is 0. The quantitative estimate of drug-likeness (QED) is 0.807. The molecule has 1 N–H and O–H groups in total. The molecule has 21 heavy (non-hydrogen) atoms. The maximum atomic E-state index is 12.2. The van der Waals surface area contributed by atoms with Gasteiger partial charge in [-0.1, -0.05) is 17.0 Å². The van der Waals surface area contributed by atoms with Gasteiger partial charge in [0.2, 0.25) is 0 Å². The topological polar surface area (TPSA) is 98.8 Å². The first kappa shape index (κ1) is 16.4. The van der Waals surface area contributed by atoms with E-state index in [4.69, 9.17) is 9.57 Å². The maximum Gasteiger partial charge on any atom is 0.263 e. The van der Waals surface area contributed by atoms with Crippen LogP contribution in [0, 0.1) is 0 Å². The van der Waals surface area contributed by atoms with Crippen molar-refractivity contribution in [1.82, 2.24) is 4.89 Å². The highest BCUT2D eigenvalue weighted by Gasteiger charge is 2.25. The molecule has 1 heterocycles. The highest BCUT2D eigenvalue weighted by atomic mass is 32.2. The molecule has 0 aliphatic carbocycles. The molecule has 1 aromatic carbocycles. The number of hydrogen-bond acceptors (Lipinski definition) is 6. The number of ether oxygens (including phenoxy) is 1. The lowest BCUT2D eigenvalue weighted by atomic mass is 10.2. The fourth-order valence-electron chi connectivity index (χ4n) is 1.94. The fourth-order valence-corrected chi connectivity index (χ4v) is 4.40. The summed E-state index contributed by atoms with van der Waals surface area (Å²) in [4.78, 5) is 6.34. The van der Waals surface area contributed by atoms with Crippen molar-refractivity contribution in [3.8, 4) is 0 Å². The number of rotatable bonds is 5. The van der Waals surface area contributed by atoms with Crippen LogP contribution in [0.4, 0.5) is 0 Å². The Kier molecular flexibility index (Phi) is 4.99. The molecule has 7 nitrogen and oxygen atoms in total. The standard InChI is InChI=1S/C12H17NO6S2.H2/c1-20(14,15)10-6-2-3-7-11(10)21(16,17)13-19-12-8-4-5-9-18-12;/h2-3,6-7,12-13H,4-5,8-9H2,1H3;1H. The summed E-state index contributed by atoms with van der Waals surface area (Å²) in [7, 11) is -7.77. The van der Waals surface area contributed by atoms with Crippen molar-refractivity contribution >= 4 is 19.9 Å². The highest BCUT2D eigenvalue weighted by molar-refractivity contribution is 7.93. The van der Waals surface area contributed by atoms with E-state index in [1.54, 1.807) is 0 Å².